The van der Waals surface area contributed by atoms with E-state index in [1.165, 1.54) is 11.1 Å². The average molecular weight is 514 g/mol. The second-order valence-electron chi connectivity index (χ2n) is 12.7. The first-order valence-electron chi connectivity index (χ1n) is 11.4. The summed E-state index contributed by atoms with van der Waals surface area (Å²) in [7, 11) is 0. The normalized spacial score (nSPS) is 12.9. The Labute approximate surface area is 213 Å². The van der Waals surface area contributed by atoms with Crippen LogP contribution in [0.3, 0.4) is 0 Å². The van der Waals surface area contributed by atoms with Gasteiger partial charge >= 0.3 is 0 Å². The summed E-state index contributed by atoms with van der Waals surface area (Å²) < 4.78 is 5.54. The van der Waals surface area contributed by atoms with Gasteiger partial charge in [-0.3, -0.25) is 0 Å². The zero-order chi connectivity index (χ0) is 26.0. The third kappa shape index (κ3) is 9.31. The van der Waals surface area contributed by atoms with E-state index in [9.17, 15) is 5.11 Å². The molecule has 0 aliphatic heterocycles. The van der Waals surface area contributed by atoms with Crippen LogP contribution in [0, 0.1) is 0 Å². The Morgan fingerprint density at radius 3 is 1.36 bits per heavy atom. The second kappa shape index (κ2) is 10.8. The molecule has 0 radical (unpaired) electrons. The van der Waals surface area contributed by atoms with Crippen molar-refractivity contribution in [2.45, 2.75) is 105 Å². The van der Waals surface area contributed by atoms with Crippen molar-refractivity contribution >= 4 is 29.3 Å². The number of rotatable bonds is 2. The van der Waals surface area contributed by atoms with Crippen LogP contribution < -0.4 is 4.52 Å². The molecule has 186 valence electrons. The predicted molar refractivity (Wildman–Crippen MR) is 149 cm³/mol. The summed E-state index contributed by atoms with van der Waals surface area (Å²) in [6.07, 6.45) is 0. The number of aromatic hydroxyl groups is 1. The van der Waals surface area contributed by atoms with Gasteiger partial charge in [0.25, 0.3) is 6.85 Å². The van der Waals surface area contributed by atoms with Crippen LogP contribution in [0.1, 0.15) is 105 Å². The summed E-state index contributed by atoms with van der Waals surface area (Å²) in [6.45, 7) is 24.6. The maximum Gasteiger partial charge on any atom is 0.284 e. The van der Waals surface area contributed by atoms with E-state index in [2.05, 4.69) is 101 Å². The third-order valence-electron chi connectivity index (χ3n) is 5.49. The van der Waals surface area contributed by atoms with Crippen molar-refractivity contribution in [3.05, 3.63) is 58.7 Å². The van der Waals surface area contributed by atoms with Crippen LogP contribution >= 0.6 is 29.3 Å². The molecule has 2 aromatic rings. The summed E-state index contributed by atoms with van der Waals surface area (Å²) in [6, 6.07) is 12.2. The highest BCUT2D eigenvalue weighted by Crippen LogP contribution is 2.50. The van der Waals surface area contributed by atoms with Gasteiger partial charge in [-0.2, -0.15) is 0 Å². The van der Waals surface area contributed by atoms with Crippen molar-refractivity contribution in [2.24, 2.45) is 0 Å². The van der Waals surface area contributed by atoms with Gasteiger partial charge in [0.1, 0.15) is 11.5 Å². The number of benzene rings is 2. The lowest BCUT2D eigenvalue weighted by Crippen LogP contribution is -2.16. The van der Waals surface area contributed by atoms with Gasteiger partial charge in [-0.15, -0.1) is 0 Å². The lowest BCUT2D eigenvalue weighted by Gasteiger charge is -2.27. The zero-order valence-electron chi connectivity index (χ0n) is 22.5. The Morgan fingerprint density at radius 2 is 1.00 bits per heavy atom. The van der Waals surface area contributed by atoms with Gasteiger partial charge in [-0.1, -0.05) is 107 Å². The minimum Gasteiger partial charge on any atom is -0.508 e. The quantitative estimate of drug-likeness (QED) is 0.405. The molecular formula is C28H43Cl2O2P. The Balaban J connectivity index is 0.000000335. The van der Waals surface area contributed by atoms with Crippen molar-refractivity contribution < 1.29 is 9.63 Å². The molecule has 0 amide bonds. The summed E-state index contributed by atoms with van der Waals surface area (Å²) in [5, 5.41) is 9.84. The molecule has 0 heterocycles. The highest BCUT2D eigenvalue weighted by Gasteiger charge is 2.24. The molecule has 0 spiro atoms. The van der Waals surface area contributed by atoms with E-state index < -0.39 is 6.85 Å². The van der Waals surface area contributed by atoms with Gasteiger partial charge in [0.05, 0.1) is 0 Å². The molecule has 0 bridgehead atoms. The zero-order valence-corrected chi connectivity index (χ0v) is 24.9. The number of hydrogen-bond donors (Lipinski definition) is 1. The standard InChI is InChI=1S/C14H21Cl2OP.C14H22O/c1-13(2,3)10-7-8-12(17-18(15)16)11(9-10)14(4,5)6;1-13(2,3)10-7-8-12(15)11(9-10)14(4,5)6/h7-9H,1-6H3;7-9,15H,1-6H3. The third-order valence-corrected chi connectivity index (χ3v) is 6.24. The molecule has 0 aliphatic rings. The highest BCUT2D eigenvalue weighted by atomic mass is 35.9. The van der Waals surface area contributed by atoms with E-state index in [0.717, 1.165) is 16.9 Å². The fourth-order valence-corrected chi connectivity index (χ4v) is 4.09. The fourth-order valence-electron chi connectivity index (χ4n) is 3.34. The first kappa shape index (κ1) is 30.1. The van der Waals surface area contributed by atoms with Crippen LogP contribution in [-0.4, -0.2) is 5.11 Å². The molecule has 2 aromatic carbocycles. The van der Waals surface area contributed by atoms with Crippen LogP contribution in [0.5, 0.6) is 11.5 Å². The predicted octanol–water partition coefficient (Wildman–Crippen LogP) is 10.4. The molecule has 0 atom stereocenters. The number of hydrogen-bond acceptors (Lipinski definition) is 2. The maximum absolute atomic E-state index is 9.84. The van der Waals surface area contributed by atoms with Crippen molar-refractivity contribution in [3.63, 3.8) is 0 Å². The second-order valence-corrected chi connectivity index (χ2v) is 15.7. The van der Waals surface area contributed by atoms with E-state index >= 15 is 0 Å². The molecule has 0 fully saturated rings. The van der Waals surface area contributed by atoms with E-state index in [1.54, 1.807) is 6.07 Å². The van der Waals surface area contributed by atoms with Crippen LogP contribution in [-0.2, 0) is 21.7 Å². The molecule has 0 saturated carbocycles. The molecule has 0 saturated heterocycles. The van der Waals surface area contributed by atoms with E-state index in [1.807, 2.05) is 12.1 Å². The Bertz CT molecular complexity index is 925. The van der Waals surface area contributed by atoms with Gasteiger partial charge in [0.15, 0.2) is 0 Å². The molecule has 0 aromatic heterocycles. The topological polar surface area (TPSA) is 29.5 Å². The SMILES string of the molecule is CC(C)(C)c1ccc(O)c(C(C)(C)C)c1.CC(C)(C)c1ccc(OP(Cl)Cl)c(C(C)(C)C)c1. The van der Waals surface area contributed by atoms with Crippen molar-refractivity contribution in [3.8, 4) is 11.5 Å². The van der Waals surface area contributed by atoms with Crippen molar-refractivity contribution in [1.82, 2.24) is 0 Å². The number of phenols is 1. The first-order chi connectivity index (χ1) is 14.6. The molecule has 2 nitrogen and oxygen atoms in total. The fraction of sp³-hybridized carbons (Fsp3) is 0.571. The van der Waals surface area contributed by atoms with E-state index in [-0.39, 0.29) is 21.7 Å². The summed E-state index contributed by atoms with van der Waals surface area (Å²) in [5.41, 5.74) is 4.96. The van der Waals surface area contributed by atoms with Gasteiger partial charge in [0, 0.05) is 5.56 Å². The number of phenolic OH excluding ortho intramolecular Hbond substituents is 1. The van der Waals surface area contributed by atoms with Crippen LogP contribution in [0.4, 0.5) is 0 Å². The Morgan fingerprint density at radius 1 is 0.606 bits per heavy atom. The number of halogens is 2. The first-order valence-corrected chi connectivity index (χ1v) is 14.5. The lowest BCUT2D eigenvalue weighted by atomic mass is 9.80. The lowest BCUT2D eigenvalue weighted by molar-refractivity contribution is 0.444. The van der Waals surface area contributed by atoms with Crippen LogP contribution in [0.2, 0.25) is 0 Å². The molecule has 33 heavy (non-hydrogen) atoms. The summed E-state index contributed by atoms with van der Waals surface area (Å²) >= 11 is 11.5. The van der Waals surface area contributed by atoms with Crippen molar-refractivity contribution in [2.75, 3.05) is 0 Å². The largest absolute Gasteiger partial charge is 0.508 e. The molecule has 2 rings (SSSR count). The minimum atomic E-state index is -1.43. The van der Waals surface area contributed by atoms with Gasteiger partial charge in [-0.05, 0) is 73.0 Å². The molecular weight excluding hydrogens is 470 g/mol. The highest BCUT2D eigenvalue weighted by molar-refractivity contribution is 8.00. The van der Waals surface area contributed by atoms with Crippen LogP contribution in [0.15, 0.2) is 36.4 Å². The van der Waals surface area contributed by atoms with Crippen LogP contribution in [0.25, 0.3) is 0 Å². The molecule has 0 unspecified atom stereocenters. The van der Waals surface area contributed by atoms with Crippen molar-refractivity contribution in [1.29, 1.82) is 0 Å². The summed E-state index contributed by atoms with van der Waals surface area (Å²) in [4.78, 5) is 0. The molecule has 0 aliphatic carbocycles. The van der Waals surface area contributed by atoms with Gasteiger partial charge in [0.2, 0.25) is 0 Å². The average Bonchev–Trinajstić information content (AvgIpc) is 2.58. The Hall–Kier alpha value is -0.950. The van der Waals surface area contributed by atoms with Gasteiger partial charge < -0.3 is 9.63 Å². The van der Waals surface area contributed by atoms with E-state index in [0.29, 0.717) is 5.75 Å². The monoisotopic (exact) mass is 512 g/mol. The minimum absolute atomic E-state index is 0.00425. The van der Waals surface area contributed by atoms with E-state index in [4.69, 9.17) is 27.0 Å². The maximum atomic E-state index is 9.84. The Kier molecular flexibility index (Phi) is 9.81. The molecule has 5 heteroatoms. The smallest absolute Gasteiger partial charge is 0.284 e. The summed E-state index contributed by atoms with van der Waals surface area (Å²) in [5.74, 6) is 1.18. The van der Waals surface area contributed by atoms with Gasteiger partial charge in [-0.25, -0.2) is 0 Å². The molecule has 1 N–H and O–H groups in total.